The Morgan fingerprint density at radius 3 is 2.05 bits per heavy atom. The molecule has 5 fully saturated rings. The van der Waals surface area contributed by atoms with Crippen LogP contribution in [0.1, 0.15) is 132 Å². The van der Waals surface area contributed by atoms with Gasteiger partial charge in [0.15, 0.2) is 0 Å². The quantitative estimate of drug-likeness (QED) is 0.0933. The first-order chi connectivity index (χ1) is 30.2. The van der Waals surface area contributed by atoms with E-state index >= 15 is 0 Å². The second-order valence-corrected chi connectivity index (χ2v) is 21.3. The molecule has 10 atom stereocenters. The van der Waals surface area contributed by atoms with Gasteiger partial charge in [-0.25, -0.2) is 0 Å². The van der Waals surface area contributed by atoms with Crippen molar-refractivity contribution in [1.29, 1.82) is 0 Å². The molecule has 0 spiro atoms. The summed E-state index contributed by atoms with van der Waals surface area (Å²) in [6, 6.07) is 2.41. The van der Waals surface area contributed by atoms with Crippen LogP contribution in [0.25, 0.3) is 0 Å². The van der Waals surface area contributed by atoms with Crippen LogP contribution in [0.2, 0.25) is 0 Å². The minimum Gasteiger partial charge on any atom is -0.481 e. The molecule has 2 heterocycles. The van der Waals surface area contributed by atoms with Crippen molar-refractivity contribution >= 4 is 48.6 Å². The van der Waals surface area contributed by atoms with Crippen LogP contribution in [0.15, 0.2) is 24.3 Å². The standard InChI is InChI=1S/C47H73BN6O11/c1-25(2)38(52-41(60)31(18-20-36(55)56)50-40(59)30(49)24-37(57)58)43(62)53-39(26(3)4)44(63)54-21-11-12-32(54)42(61)51-35(19-15-27-13-16-28(17-14-27)45(5,6)7)48-64-34-23-29-22-33(46(29,8)9)47(34,10)65-48/h13-14,16-17,25-26,29-35,38-39H,11-12,15,18-24,49H2,1-10H3,(H,50,59)(H,51,61)(H,52,60)(H,53,62)(H,55,56)(H,57,58)/t29-,30-,31-,32+,33-,34+,35-,38-,39-,47-/m0/s1. The van der Waals surface area contributed by atoms with Gasteiger partial charge in [-0.3, -0.25) is 33.6 Å². The first-order valence-electron chi connectivity index (χ1n) is 23.4. The monoisotopic (exact) mass is 909 g/mol. The summed E-state index contributed by atoms with van der Waals surface area (Å²) < 4.78 is 13.6. The summed E-state index contributed by atoms with van der Waals surface area (Å²) in [4.78, 5) is 93.1. The number of aryl methyl sites for hydroxylation is 1. The average molecular weight is 909 g/mol. The van der Waals surface area contributed by atoms with E-state index in [4.69, 9.17) is 20.1 Å². The number of carboxylic acid groups (broad SMARTS) is 2. The van der Waals surface area contributed by atoms with Gasteiger partial charge < -0.3 is 51.4 Å². The van der Waals surface area contributed by atoms with Gasteiger partial charge >= 0.3 is 19.1 Å². The van der Waals surface area contributed by atoms with Gasteiger partial charge in [-0.2, -0.15) is 0 Å². The highest BCUT2D eigenvalue weighted by molar-refractivity contribution is 6.48. The number of nitrogens with zero attached hydrogens (tertiary/aromatic N) is 1. The molecule has 1 aromatic rings. The molecule has 3 saturated carbocycles. The lowest BCUT2D eigenvalue weighted by atomic mass is 9.43. The third-order valence-corrected chi connectivity index (χ3v) is 14.5. The predicted octanol–water partition coefficient (Wildman–Crippen LogP) is 3.09. The van der Waals surface area contributed by atoms with Gasteiger partial charge in [0.05, 0.1) is 30.1 Å². The first kappa shape index (κ1) is 51.4. The predicted molar refractivity (Wildman–Crippen MR) is 243 cm³/mol. The van der Waals surface area contributed by atoms with E-state index in [1.165, 1.54) is 10.5 Å². The molecule has 6 rings (SSSR count). The van der Waals surface area contributed by atoms with Crippen LogP contribution in [0, 0.1) is 29.1 Å². The minimum atomic E-state index is -1.51. The Morgan fingerprint density at radius 2 is 1.48 bits per heavy atom. The van der Waals surface area contributed by atoms with E-state index in [1.54, 1.807) is 27.7 Å². The number of hydrogen-bond donors (Lipinski definition) is 7. The van der Waals surface area contributed by atoms with E-state index in [9.17, 15) is 38.7 Å². The molecular weight excluding hydrogens is 835 g/mol. The lowest BCUT2D eigenvalue weighted by molar-refractivity contribution is -0.199. The van der Waals surface area contributed by atoms with Crippen LogP contribution < -0.4 is 27.0 Å². The fraction of sp³-hybridized carbons (Fsp3) is 0.723. The highest BCUT2D eigenvalue weighted by atomic mass is 16.7. The summed E-state index contributed by atoms with van der Waals surface area (Å²) in [5, 5.41) is 29.3. The number of benzene rings is 1. The van der Waals surface area contributed by atoms with Crippen molar-refractivity contribution in [3.8, 4) is 0 Å². The van der Waals surface area contributed by atoms with Crippen molar-refractivity contribution in [3.05, 3.63) is 35.4 Å². The van der Waals surface area contributed by atoms with Gasteiger partial charge in [-0.05, 0) is 97.5 Å². The van der Waals surface area contributed by atoms with Gasteiger partial charge in [0.25, 0.3) is 0 Å². The summed E-state index contributed by atoms with van der Waals surface area (Å²) in [5.41, 5.74) is 7.66. The first-order valence-corrected chi connectivity index (χ1v) is 23.4. The number of nitrogens with two attached hydrogens (primary N) is 1. The molecule has 2 saturated heterocycles. The van der Waals surface area contributed by atoms with Crippen molar-refractivity contribution in [3.63, 3.8) is 0 Å². The van der Waals surface area contributed by atoms with Crippen molar-refractivity contribution in [2.24, 2.45) is 34.8 Å². The maximum absolute atomic E-state index is 14.5. The second-order valence-electron chi connectivity index (χ2n) is 21.3. The summed E-state index contributed by atoms with van der Waals surface area (Å²) in [6.45, 7) is 20.4. The Hall–Kier alpha value is -4.55. The number of amides is 5. The highest BCUT2D eigenvalue weighted by Crippen LogP contribution is 2.65. The van der Waals surface area contributed by atoms with Gasteiger partial charge in [0, 0.05) is 13.0 Å². The maximum Gasteiger partial charge on any atom is 0.481 e. The molecule has 0 radical (unpaired) electrons. The molecule has 2 bridgehead atoms. The van der Waals surface area contributed by atoms with Gasteiger partial charge in [-0.1, -0.05) is 86.6 Å². The molecule has 8 N–H and O–H groups in total. The van der Waals surface area contributed by atoms with Crippen LogP contribution in [0.3, 0.4) is 0 Å². The van der Waals surface area contributed by atoms with E-state index in [0.29, 0.717) is 37.5 Å². The van der Waals surface area contributed by atoms with Crippen LogP contribution in [-0.4, -0.2) is 118 Å². The Labute approximate surface area is 384 Å². The van der Waals surface area contributed by atoms with E-state index in [-0.39, 0.29) is 35.8 Å². The third kappa shape index (κ3) is 11.9. The molecule has 3 aliphatic carbocycles. The zero-order valence-corrected chi connectivity index (χ0v) is 39.9. The summed E-state index contributed by atoms with van der Waals surface area (Å²) in [7, 11) is -0.687. The zero-order valence-electron chi connectivity index (χ0n) is 39.9. The van der Waals surface area contributed by atoms with Gasteiger partial charge in [-0.15, -0.1) is 0 Å². The van der Waals surface area contributed by atoms with Crippen molar-refractivity contribution < 1.29 is 53.1 Å². The largest absolute Gasteiger partial charge is 0.481 e. The Kier molecular flexibility index (Phi) is 16.3. The van der Waals surface area contributed by atoms with Crippen molar-refractivity contribution in [2.45, 2.75) is 180 Å². The molecule has 5 amide bonds. The second kappa shape index (κ2) is 20.5. The number of aliphatic carboxylic acids is 2. The van der Waals surface area contributed by atoms with Crippen LogP contribution in [-0.2, 0) is 54.7 Å². The topological polar surface area (TPSA) is 256 Å². The lowest BCUT2D eigenvalue weighted by Crippen LogP contribution is -2.65. The summed E-state index contributed by atoms with van der Waals surface area (Å²) >= 11 is 0. The van der Waals surface area contributed by atoms with E-state index < -0.39 is 109 Å². The zero-order chi connectivity index (χ0) is 48.3. The Morgan fingerprint density at radius 1 is 0.846 bits per heavy atom. The van der Waals surface area contributed by atoms with E-state index in [0.717, 1.165) is 18.4 Å². The fourth-order valence-electron chi connectivity index (χ4n) is 10.2. The number of carbonyl (C=O) groups excluding carboxylic acids is 5. The molecule has 0 aromatic heterocycles. The molecule has 2 aliphatic heterocycles. The third-order valence-electron chi connectivity index (χ3n) is 14.5. The lowest BCUT2D eigenvalue weighted by Gasteiger charge is -2.64. The number of hydrogen-bond acceptors (Lipinski definition) is 10. The fourth-order valence-corrected chi connectivity index (χ4v) is 10.2. The van der Waals surface area contributed by atoms with Gasteiger partial charge in [0.2, 0.25) is 29.5 Å². The average Bonchev–Trinajstić information content (AvgIpc) is 3.85. The van der Waals surface area contributed by atoms with Crippen molar-refractivity contribution in [2.75, 3.05) is 6.54 Å². The van der Waals surface area contributed by atoms with Gasteiger partial charge in [0.1, 0.15) is 24.2 Å². The van der Waals surface area contributed by atoms with Crippen LogP contribution >= 0.6 is 0 Å². The van der Waals surface area contributed by atoms with E-state index in [1.807, 2.05) is 0 Å². The van der Waals surface area contributed by atoms with Crippen LogP contribution in [0.5, 0.6) is 0 Å². The summed E-state index contributed by atoms with van der Waals surface area (Å²) in [6.07, 6.45) is 2.44. The summed E-state index contributed by atoms with van der Waals surface area (Å²) in [5.74, 6) is -6.56. The number of likely N-dealkylation sites (tertiary alicyclic amines) is 1. The molecule has 17 nitrogen and oxygen atoms in total. The normalized spacial score (nSPS) is 25.7. The molecule has 0 unspecified atom stereocenters. The molecule has 5 aliphatic rings. The molecule has 1 aromatic carbocycles. The van der Waals surface area contributed by atoms with Crippen LogP contribution in [0.4, 0.5) is 0 Å². The molecule has 18 heteroatoms. The smallest absolute Gasteiger partial charge is 0.481 e. The van der Waals surface area contributed by atoms with E-state index in [2.05, 4.69) is 87.1 Å². The maximum atomic E-state index is 14.5. The Balaban J connectivity index is 1.30. The highest BCUT2D eigenvalue weighted by Gasteiger charge is 2.68. The number of carboxylic acids is 2. The SMILES string of the molecule is CC(C)[C@H](NC(=O)[C@H](CCC(=O)O)NC(=O)[C@@H](N)CC(=O)O)C(=O)N[C@H](C(=O)N1CCC[C@@H]1C(=O)N[C@@H](CCc1ccc(C(C)(C)C)cc1)B1O[C@@H]2C[C@@H]3C[C@@H](C3(C)C)[C@]2(C)O1)C(C)C. The number of nitrogens with one attached hydrogen (secondary N) is 4. The Bertz CT molecular complexity index is 1940. The number of rotatable bonds is 20. The molecule has 360 valence electrons. The number of carbonyl (C=O) groups is 7. The molecular formula is C47H73BN6O11. The molecule has 65 heavy (non-hydrogen) atoms. The van der Waals surface area contributed by atoms with Crippen molar-refractivity contribution in [1.82, 2.24) is 26.2 Å². The minimum absolute atomic E-state index is 0.00526.